The molecule has 3 aromatic rings. The summed E-state index contributed by atoms with van der Waals surface area (Å²) in [5.41, 5.74) is 5.28. The van der Waals surface area contributed by atoms with Gasteiger partial charge in [0.25, 0.3) is 0 Å². The number of ether oxygens (including phenoxy) is 3. The maximum absolute atomic E-state index is 13.8. The summed E-state index contributed by atoms with van der Waals surface area (Å²) >= 11 is 0. The van der Waals surface area contributed by atoms with Crippen LogP contribution in [0.15, 0.2) is 36.7 Å². The van der Waals surface area contributed by atoms with Crippen LogP contribution in [-0.4, -0.2) is 79.8 Å². The summed E-state index contributed by atoms with van der Waals surface area (Å²) in [5.74, 6) is -0.569. The summed E-state index contributed by atoms with van der Waals surface area (Å²) in [4.78, 5) is 25.1. The molecule has 1 aliphatic rings. The van der Waals surface area contributed by atoms with Crippen LogP contribution >= 0.6 is 7.67 Å². The van der Waals surface area contributed by atoms with Crippen molar-refractivity contribution >= 4 is 30.8 Å². The molecule has 0 aliphatic carbocycles. The zero-order valence-electron chi connectivity index (χ0n) is 24.0. The third-order valence-electron chi connectivity index (χ3n) is 6.82. The van der Waals surface area contributed by atoms with Crippen molar-refractivity contribution in [3.63, 3.8) is 0 Å². The van der Waals surface area contributed by atoms with Gasteiger partial charge in [-0.05, 0) is 25.8 Å². The minimum Gasteiger partial charge on any atom is -0.479 e. The van der Waals surface area contributed by atoms with Gasteiger partial charge in [0.15, 0.2) is 17.4 Å². The number of carbonyl (C=O) groups excluding carboxylic acids is 1. The SMILES string of the molecule is CCCCNP(=O)(N[C@@H](C)C(=O)OCc1ccccc1)OC[C@H]1O[C@@H](n2cnc3c(OC)nc(N)nc32)[C@](C)(O)[C@@H]1O. The van der Waals surface area contributed by atoms with Gasteiger partial charge in [0.2, 0.25) is 11.8 Å². The van der Waals surface area contributed by atoms with Crippen molar-refractivity contribution in [3.05, 3.63) is 42.2 Å². The summed E-state index contributed by atoms with van der Waals surface area (Å²) in [6.45, 7) is 4.88. The van der Waals surface area contributed by atoms with Gasteiger partial charge in [-0.1, -0.05) is 43.7 Å². The largest absolute Gasteiger partial charge is 0.479 e. The van der Waals surface area contributed by atoms with Crippen molar-refractivity contribution in [2.75, 3.05) is 26.0 Å². The predicted octanol–water partition coefficient (Wildman–Crippen LogP) is 1.66. The Kier molecular flexibility index (Phi) is 10.1. The first-order valence-corrected chi connectivity index (χ1v) is 15.2. The smallest absolute Gasteiger partial charge is 0.341 e. The van der Waals surface area contributed by atoms with Crippen LogP contribution in [0.3, 0.4) is 0 Å². The number of nitrogens with zero attached hydrogens (tertiary/aromatic N) is 4. The second-order valence-corrected chi connectivity index (χ2v) is 12.1. The Morgan fingerprint density at radius 2 is 2.05 bits per heavy atom. The van der Waals surface area contributed by atoms with Gasteiger partial charge in [0, 0.05) is 6.54 Å². The van der Waals surface area contributed by atoms with E-state index in [9.17, 15) is 19.6 Å². The van der Waals surface area contributed by atoms with E-state index in [0.29, 0.717) is 13.0 Å². The lowest BCUT2D eigenvalue weighted by Gasteiger charge is -2.27. The van der Waals surface area contributed by atoms with Gasteiger partial charge >= 0.3 is 13.6 Å². The number of nitrogens with one attached hydrogen (secondary N) is 2. The number of aliphatic hydroxyl groups excluding tert-OH is 1. The van der Waals surface area contributed by atoms with Crippen molar-refractivity contribution in [1.82, 2.24) is 29.7 Å². The maximum Gasteiger partial charge on any atom is 0.341 e. The molecule has 6 N–H and O–H groups in total. The maximum atomic E-state index is 13.8. The van der Waals surface area contributed by atoms with E-state index >= 15 is 0 Å². The van der Waals surface area contributed by atoms with E-state index in [4.69, 9.17) is 24.5 Å². The average molecular weight is 608 g/mol. The topological polar surface area (TPSA) is 205 Å². The Labute approximate surface area is 243 Å². The molecule has 1 unspecified atom stereocenters. The number of hydrogen-bond donors (Lipinski definition) is 5. The number of unbranched alkanes of at least 4 members (excludes halogenated alkanes) is 1. The standard InChI is InChI=1S/C26H38N7O8P/c1-5-6-12-29-42(37,32-16(2)23(35)39-13-17-10-8-7-9-11-17)40-14-18-20(34)26(3,36)24(41-18)33-15-28-19-21(33)30-25(27)31-22(19)38-4/h7-11,15-16,18,20,24,34,36H,5-6,12-14H2,1-4H3,(H2,27,30,31)(H2,29,32,37)/t16-,18+,20+,24+,26+,42?/m0/s1. The summed E-state index contributed by atoms with van der Waals surface area (Å²) in [6, 6.07) is 8.19. The molecule has 0 spiro atoms. The quantitative estimate of drug-likeness (QED) is 0.100. The first kappa shape index (κ1) is 31.8. The number of nitrogens with two attached hydrogens (primary N) is 1. The van der Waals surface area contributed by atoms with Crippen LogP contribution in [0.5, 0.6) is 5.88 Å². The molecule has 0 radical (unpaired) electrons. The van der Waals surface area contributed by atoms with Gasteiger partial charge in [-0.3, -0.25) is 13.9 Å². The molecule has 1 aromatic carbocycles. The minimum atomic E-state index is -3.86. The van der Waals surface area contributed by atoms with E-state index in [-0.39, 0.29) is 29.6 Å². The van der Waals surface area contributed by atoms with Crippen molar-refractivity contribution in [1.29, 1.82) is 0 Å². The van der Waals surface area contributed by atoms with Crippen molar-refractivity contribution < 1.29 is 38.3 Å². The zero-order valence-corrected chi connectivity index (χ0v) is 24.9. The number of anilines is 1. The lowest BCUT2D eigenvalue weighted by Crippen LogP contribution is -2.44. The van der Waals surface area contributed by atoms with Gasteiger partial charge in [0.05, 0.1) is 20.0 Å². The highest BCUT2D eigenvalue weighted by molar-refractivity contribution is 7.54. The van der Waals surface area contributed by atoms with Gasteiger partial charge in [-0.2, -0.15) is 9.97 Å². The normalized spacial score (nSPS) is 24.4. The Morgan fingerprint density at radius 3 is 2.74 bits per heavy atom. The molecule has 0 bridgehead atoms. The summed E-state index contributed by atoms with van der Waals surface area (Å²) in [5, 5.41) is 27.8. The average Bonchev–Trinajstić information content (AvgIpc) is 3.48. The highest BCUT2D eigenvalue weighted by atomic mass is 31.2. The Hall–Kier alpha value is -3.17. The molecule has 4 rings (SSSR count). The Morgan fingerprint density at radius 1 is 1.31 bits per heavy atom. The van der Waals surface area contributed by atoms with Crippen LogP contribution < -0.4 is 20.6 Å². The molecule has 0 saturated carbocycles. The van der Waals surface area contributed by atoms with E-state index in [1.807, 2.05) is 37.3 Å². The number of benzene rings is 1. The van der Waals surface area contributed by atoms with Crippen molar-refractivity contribution in [3.8, 4) is 5.88 Å². The highest BCUT2D eigenvalue weighted by Gasteiger charge is 2.54. The van der Waals surface area contributed by atoms with Gasteiger partial charge in [-0.25, -0.2) is 15.2 Å². The summed E-state index contributed by atoms with van der Waals surface area (Å²) < 4.78 is 37.5. The summed E-state index contributed by atoms with van der Waals surface area (Å²) in [7, 11) is -2.45. The highest BCUT2D eigenvalue weighted by Crippen LogP contribution is 2.43. The number of aliphatic hydroxyl groups is 2. The molecule has 230 valence electrons. The first-order chi connectivity index (χ1) is 20.0. The monoisotopic (exact) mass is 607 g/mol. The molecule has 1 saturated heterocycles. The number of hydrogen-bond acceptors (Lipinski definition) is 12. The minimum absolute atomic E-state index is 0.0596. The van der Waals surface area contributed by atoms with Crippen molar-refractivity contribution in [2.24, 2.45) is 0 Å². The van der Waals surface area contributed by atoms with Gasteiger partial charge in [0.1, 0.15) is 30.5 Å². The number of methoxy groups -OCH3 is 1. The summed E-state index contributed by atoms with van der Waals surface area (Å²) in [6.07, 6.45) is -0.863. The lowest BCUT2D eigenvalue weighted by molar-refractivity contribution is -0.146. The fourth-order valence-corrected chi connectivity index (χ4v) is 6.15. The Bertz CT molecular complexity index is 1410. The number of imidazole rings is 1. The van der Waals surface area contributed by atoms with Crippen LogP contribution in [0.2, 0.25) is 0 Å². The van der Waals surface area contributed by atoms with Crippen LogP contribution in [0.4, 0.5) is 5.95 Å². The molecule has 15 nitrogen and oxygen atoms in total. The number of aromatic nitrogens is 4. The van der Waals surface area contributed by atoms with E-state index in [0.717, 1.165) is 12.0 Å². The van der Waals surface area contributed by atoms with Crippen LogP contribution in [0.1, 0.15) is 45.4 Å². The number of rotatable bonds is 14. The lowest BCUT2D eigenvalue weighted by atomic mass is 9.96. The molecule has 16 heteroatoms. The molecule has 2 aromatic heterocycles. The fraction of sp³-hybridized carbons (Fsp3) is 0.538. The third-order valence-corrected chi connectivity index (χ3v) is 8.70. The first-order valence-electron chi connectivity index (χ1n) is 13.6. The van der Waals surface area contributed by atoms with Crippen LogP contribution in [0.25, 0.3) is 11.2 Å². The predicted molar refractivity (Wildman–Crippen MR) is 152 cm³/mol. The van der Waals surface area contributed by atoms with E-state index in [1.165, 1.54) is 31.9 Å². The van der Waals surface area contributed by atoms with E-state index in [2.05, 4.69) is 25.1 Å². The van der Waals surface area contributed by atoms with E-state index < -0.39 is 50.3 Å². The number of esters is 1. The second-order valence-electron chi connectivity index (χ2n) is 10.2. The molecule has 42 heavy (non-hydrogen) atoms. The molecule has 6 atom stereocenters. The molecule has 3 heterocycles. The second kappa shape index (κ2) is 13.4. The molecular formula is C26H38N7O8P. The molecule has 1 aliphatic heterocycles. The number of fused-ring (bicyclic) bond motifs is 1. The fourth-order valence-electron chi connectivity index (χ4n) is 4.47. The number of nitrogen functional groups attached to an aromatic ring is 1. The zero-order chi connectivity index (χ0) is 30.5. The third kappa shape index (κ3) is 7.06. The van der Waals surface area contributed by atoms with Crippen molar-refractivity contribution in [2.45, 2.75) is 70.3 Å². The Balaban J connectivity index is 1.46. The van der Waals surface area contributed by atoms with Gasteiger partial charge < -0.3 is 34.7 Å². The molecular weight excluding hydrogens is 569 g/mol. The van der Waals surface area contributed by atoms with Crippen LogP contribution in [-0.2, 0) is 30.0 Å². The van der Waals surface area contributed by atoms with Gasteiger partial charge in [-0.15, -0.1) is 0 Å². The molecule has 1 fully saturated rings. The molecule has 0 amide bonds. The number of carbonyl (C=O) groups is 1. The van der Waals surface area contributed by atoms with Crippen LogP contribution in [0, 0.1) is 0 Å². The van der Waals surface area contributed by atoms with E-state index in [1.54, 1.807) is 0 Å².